The van der Waals surface area contributed by atoms with Gasteiger partial charge in [0.05, 0.1) is 12.3 Å². The molecule has 0 atom stereocenters. The average Bonchev–Trinajstić information content (AvgIpc) is 3.07. The van der Waals surface area contributed by atoms with Crippen LogP contribution >= 0.6 is 11.6 Å². The Bertz CT molecular complexity index is 989. The van der Waals surface area contributed by atoms with E-state index in [2.05, 4.69) is 10.1 Å². The molecule has 1 heterocycles. The molecule has 136 valence electrons. The lowest BCUT2D eigenvalue weighted by Crippen LogP contribution is -2.28. The smallest absolute Gasteiger partial charge is 0.242 e. The minimum atomic E-state index is -3.83. The van der Waals surface area contributed by atoms with Crippen LogP contribution in [0.2, 0.25) is 5.02 Å². The predicted octanol–water partition coefficient (Wildman–Crippen LogP) is 3.49. The first kappa shape index (κ1) is 18.5. The van der Waals surface area contributed by atoms with E-state index in [1.54, 1.807) is 0 Å². The van der Waals surface area contributed by atoms with E-state index in [4.69, 9.17) is 16.1 Å². The summed E-state index contributed by atoms with van der Waals surface area (Å²) in [6.45, 7) is -0.131. The van der Waals surface area contributed by atoms with Gasteiger partial charge < -0.3 is 4.52 Å². The molecule has 0 aliphatic carbocycles. The van der Waals surface area contributed by atoms with E-state index < -0.39 is 21.6 Å². The zero-order valence-corrected chi connectivity index (χ0v) is 15.3. The van der Waals surface area contributed by atoms with Gasteiger partial charge in [-0.3, -0.25) is 0 Å². The lowest BCUT2D eigenvalue weighted by atomic mass is 10.2. The molecule has 6 nitrogen and oxygen atoms in total. The normalized spacial score (nSPS) is 11.8. The molecule has 0 fully saturated rings. The van der Waals surface area contributed by atoms with E-state index in [0.717, 1.165) is 9.87 Å². The van der Waals surface area contributed by atoms with Gasteiger partial charge in [0.25, 0.3) is 0 Å². The van der Waals surface area contributed by atoms with E-state index >= 15 is 0 Å². The maximum absolute atomic E-state index is 13.9. The number of hydrogen-bond donors (Lipinski definition) is 0. The minimum absolute atomic E-state index is 0.0612. The second kappa shape index (κ2) is 7.53. The Labute approximate surface area is 155 Å². The summed E-state index contributed by atoms with van der Waals surface area (Å²) in [6.07, 6.45) is 0. The van der Waals surface area contributed by atoms with E-state index in [0.29, 0.717) is 5.82 Å². The Morgan fingerprint density at radius 3 is 2.58 bits per heavy atom. The number of benzene rings is 2. The third-order valence-corrected chi connectivity index (χ3v) is 5.81. The first-order chi connectivity index (χ1) is 12.4. The Hall–Kier alpha value is -2.29. The molecule has 0 spiro atoms. The topological polar surface area (TPSA) is 76.3 Å². The highest BCUT2D eigenvalue weighted by molar-refractivity contribution is 7.88. The van der Waals surface area contributed by atoms with Gasteiger partial charge in [-0.05, 0) is 12.1 Å². The number of hydrogen-bond acceptors (Lipinski definition) is 5. The molecule has 0 aliphatic rings. The fourth-order valence-corrected chi connectivity index (χ4v) is 3.77. The minimum Gasteiger partial charge on any atom is -0.338 e. The predicted molar refractivity (Wildman–Crippen MR) is 95.2 cm³/mol. The first-order valence-electron chi connectivity index (χ1n) is 7.62. The van der Waals surface area contributed by atoms with Crippen LogP contribution in [0.1, 0.15) is 11.5 Å². The summed E-state index contributed by atoms with van der Waals surface area (Å²) in [5.41, 5.74) is 0.683. The SMILES string of the molecule is CN(Cc1nc(-c2ccccc2)no1)S(=O)(=O)Cc1c(F)cccc1Cl. The Balaban J connectivity index is 1.75. The molecule has 0 saturated carbocycles. The van der Waals surface area contributed by atoms with Crippen LogP contribution in [0.25, 0.3) is 11.4 Å². The van der Waals surface area contributed by atoms with Crippen molar-refractivity contribution in [1.82, 2.24) is 14.4 Å². The van der Waals surface area contributed by atoms with Crippen LogP contribution in [0.4, 0.5) is 4.39 Å². The number of rotatable bonds is 6. The summed E-state index contributed by atoms with van der Waals surface area (Å²) in [6, 6.07) is 13.2. The molecule has 0 unspecified atom stereocenters. The summed E-state index contributed by atoms with van der Waals surface area (Å²) < 4.78 is 45.0. The molecule has 3 aromatic rings. The second-order valence-electron chi connectivity index (χ2n) is 5.59. The van der Waals surface area contributed by atoms with E-state index in [1.165, 1.54) is 25.2 Å². The van der Waals surface area contributed by atoms with E-state index in [-0.39, 0.29) is 23.0 Å². The van der Waals surface area contributed by atoms with Gasteiger partial charge in [0, 0.05) is 23.2 Å². The van der Waals surface area contributed by atoms with Gasteiger partial charge >= 0.3 is 0 Å². The number of aromatic nitrogens is 2. The van der Waals surface area contributed by atoms with Crippen LogP contribution < -0.4 is 0 Å². The van der Waals surface area contributed by atoms with Crippen molar-refractivity contribution in [2.45, 2.75) is 12.3 Å². The fraction of sp³-hybridized carbons (Fsp3) is 0.176. The molecule has 0 bridgehead atoms. The first-order valence-corrected chi connectivity index (χ1v) is 9.60. The third kappa shape index (κ3) is 4.09. The second-order valence-corrected chi connectivity index (χ2v) is 8.07. The van der Waals surface area contributed by atoms with Gasteiger partial charge in [0.15, 0.2) is 0 Å². The molecule has 0 radical (unpaired) electrons. The zero-order valence-electron chi connectivity index (χ0n) is 13.8. The fourth-order valence-electron chi connectivity index (χ4n) is 2.28. The van der Waals surface area contributed by atoms with Crippen molar-refractivity contribution in [3.05, 3.63) is 70.8 Å². The summed E-state index contributed by atoms with van der Waals surface area (Å²) in [4.78, 5) is 4.19. The highest BCUT2D eigenvalue weighted by Gasteiger charge is 2.24. The van der Waals surface area contributed by atoms with Crippen molar-refractivity contribution in [2.24, 2.45) is 0 Å². The summed E-state index contributed by atoms with van der Waals surface area (Å²) in [7, 11) is -2.47. The van der Waals surface area contributed by atoms with Crippen molar-refractivity contribution in [3.8, 4) is 11.4 Å². The maximum Gasteiger partial charge on any atom is 0.242 e. The largest absolute Gasteiger partial charge is 0.338 e. The highest BCUT2D eigenvalue weighted by atomic mass is 35.5. The Kier molecular flexibility index (Phi) is 5.36. The van der Waals surface area contributed by atoms with Crippen LogP contribution in [0.3, 0.4) is 0 Å². The maximum atomic E-state index is 13.9. The summed E-state index contributed by atoms with van der Waals surface area (Å²) in [5.74, 6) is -0.731. The quantitative estimate of drug-likeness (QED) is 0.638. The molecule has 0 N–H and O–H groups in total. The van der Waals surface area contributed by atoms with Gasteiger partial charge in [0.1, 0.15) is 5.82 Å². The van der Waals surface area contributed by atoms with Crippen molar-refractivity contribution >= 4 is 21.6 Å². The average molecular weight is 396 g/mol. The van der Waals surface area contributed by atoms with Crippen LogP contribution in [0.15, 0.2) is 53.1 Å². The summed E-state index contributed by atoms with van der Waals surface area (Å²) >= 11 is 5.91. The molecule has 1 aromatic heterocycles. The lowest BCUT2D eigenvalue weighted by molar-refractivity contribution is 0.336. The zero-order chi connectivity index (χ0) is 18.7. The van der Waals surface area contributed by atoms with Gasteiger partial charge in [-0.15, -0.1) is 0 Å². The Morgan fingerprint density at radius 2 is 1.88 bits per heavy atom. The van der Waals surface area contributed by atoms with Crippen molar-refractivity contribution < 1.29 is 17.3 Å². The van der Waals surface area contributed by atoms with Crippen molar-refractivity contribution in [3.63, 3.8) is 0 Å². The monoisotopic (exact) mass is 395 g/mol. The van der Waals surface area contributed by atoms with Gasteiger partial charge in [-0.2, -0.15) is 9.29 Å². The van der Waals surface area contributed by atoms with Crippen molar-refractivity contribution in [1.29, 1.82) is 0 Å². The molecular weight excluding hydrogens is 381 g/mol. The third-order valence-electron chi connectivity index (χ3n) is 3.72. The molecular formula is C17H15ClFN3O3S. The van der Waals surface area contributed by atoms with Gasteiger partial charge in [-0.25, -0.2) is 12.8 Å². The van der Waals surface area contributed by atoms with Gasteiger partial charge in [0.2, 0.25) is 21.7 Å². The molecule has 26 heavy (non-hydrogen) atoms. The molecule has 0 saturated heterocycles. The standard InChI is InChI=1S/C17H15ClFN3O3S/c1-22(26(23,24)11-13-14(18)8-5-9-15(13)19)10-16-20-17(21-25-16)12-6-3-2-4-7-12/h2-9H,10-11H2,1H3. The highest BCUT2D eigenvalue weighted by Crippen LogP contribution is 2.23. The summed E-state index contributed by atoms with van der Waals surface area (Å²) in [5, 5.41) is 3.91. The van der Waals surface area contributed by atoms with Crippen LogP contribution in [-0.2, 0) is 22.3 Å². The van der Waals surface area contributed by atoms with Crippen LogP contribution in [0, 0.1) is 5.82 Å². The number of halogens is 2. The van der Waals surface area contributed by atoms with Gasteiger partial charge in [-0.1, -0.05) is 53.2 Å². The molecule has 2 aromatic carbocycles. The molecule has 0 aliphatic heterocycles. The Morgan fingerprint density at radius 1 is 1.15 bits per heavy atom. The van der Waals surface area contributed by atoms with Crippen LogP contribution in [-0.4, -0.2) is 29.9 Å². The van der Waals surface area contributed by atoms with Crippen LogP contribution in [0.5, 0.6) is 0 Å². The molecule has 3 rings (SSSR count). The number of nitrogens with zero attached hydrogens (tertiary/aromatic N) is 3. The lowest BCUT2D eigenvalue weighted by Gasteiger charge is -2.16. The molecule has 0 amide bonds. The molecule has 9 heteroatoms. The van der Waals surface area contributed by atoms with Crippen molar-refractivity contribution in [2.75, 3.05) is 7.05 Å². The van der Waals surface area contributed by atoms with E-state index in [9.17, 15) is 12.8 Å². The number of sulfonamides is 1. The van der Waals surface area contributed by atoms with E-state index in [1.807, 2.05) is 30.3 Å².